The number of rotatable bonds is 39. The summed E-state index contributed by atoms with van der Waals surface area (Å²) in [6.45, 7) is 4.18. The Morgan fingerprint density at radius 1 is 0.447 bits per heavy atom. The number of nitrogens with one attached hydrogen (secondary N) is 1. The Balaban J connectivity index is 3.56. The molecule has 0 aromatic heterocycles. The van der Waals surface area contributed by atoms with E-state index in [0.29, 0.717) is 12.8 Å². The molecule has 282 valence electrons. The molecule has 4 N–H and O–H groups in total. The molecule has 0 saturated heterocycles. The maximum Gasteiger partial charge on any atom is 0.220 e. The van der Waals surface area contributed by atoms with Gasteiger partial charge in [0, 0.05) is 6.42 Å². The lowest BCUT2D eigenvalue weighted by Crippen LogP contribution is -2.50. The monoisotopic (exact) mass is 668 g/mol. The summed E-state index contributed by atoms with van der Waals surface area (Å²) < 4.78 is 0. The van der Waals surface area contributed by atoms with Crippen molar-refractivity contribution in [1.29, 1.82) is 0 Å². The normalized spacial score (nSPS) is 13.6. The summed E-state index contributed by atoms with van der Waals surface area (Å²) in [5.74, 6) is -0.140. The highest BCUT2D eigenvalue weighted by atomic mass is 16.3. The van der Waals surface area contributed by atoms with Crippen molar-refractivity contribution in [2.24, 2.45) is 0 Å². The first-order valence-corrected chi connectivity index (χ1v) is 21.3. The predicted molar refractivity (Wildman–Crippen MR) is 204 cm³/mol. The van der Waals surface area contributed by atoms with Crippen LogP contribution in [0.5, 0.6) is 0 Å². The van der Waals surface area contributed by atoms with Crippen molar-refractivity contribution in [3.8, 4) is 0 Å². The van der Waals surface area contributed by atoms with E-state index in [1.807, 2.05) is 0 Å². The standard InChI is InChI=1S/C42H85NO4/c1-3-5-7-9-11-13-15-17-18-19-20-21-22-23-24-25-27-29-31-33-35-37-41(46)43-39(38-44)42(47)40(45)36-34-32-30-28-26-16-14-12-10-8-6-4-2/h39-40,42,44-45,47H,3-38H2,1-2H3,(H,43,46)/t39-,40?,42+/m1/s1. The molecule has 0 spiro atoms. The van der Waals surface area contributed by atoms with Gasteiger partial charge in [0.1, 0.15) is 6.10 Å². The average molecular weight is 668 g/mol. The van der Waals surface area contributed by atoms with Gasteiger partial charge in [-0.05, 0) is 12.8 Å². The largest absolute Gasteiger partial charge is 0.394 e. The molecular formula is C42H85NO4. The summed E-state index contributed by atoms with van der Waals surface area (Å²) in [6.07, 6.45) is 42.1. The van der Waals surface area contributed by atoms with Crippen molar-refractivity contribution in [2.75, 3.05) is 6.61 Å². The summed E-state index contributed by atoms with van der Waals surface area (Å²) in [5.41, 5.74) is 0. The topological polar surface area (TPSA) is 89.8 Å². The molecule has 1 unspecified atom stereocenters. The van der Waals surface area contributed by atoms with E-state index in [1.165, 1.54) is 180 Å². The van der Waals surface area contributed by atoms with Gasteiger partial charge in [0.15, 0.2) is 0 Å². The second-order valence-corrected chi connectivity index (χ2v) is 14.9. The number of hydrogen-bond donors (Lipinski definition) is 4. The first-order valence-electron chi connectivity index (χ1n) is 21.3. The second-order valence-electron chi connectivity index (χ2n) is 14.9. The molecule has 5 heteroatoms. The molecule has 3 atom stereocenters. The van der Waals surface area contributed by atoms with Crippen LogP contribution >= 0.6 is 0 Å². The molecule has 0 rings (SSSR count). The van der Waals surface area contributed by atoms with Crippen LogP contribution in [0, 0.1) is 0 Å². The summed E-state index contributed by atoms with van der Waals surface area (Å²) in [5, 5.41) is 33.4. The zero-order chi connectivity index (χ0) is 34.5. The molecule has 0 bridgehead atoms. The quantitative estimate of drug-likeness (QED) is 0.0491. The van der Waals surface area contributed by atoms with E-state index in [9.17, 15) is 20.1 Å². The van der Waals surface area contributed by atoms with Crippen molar-refractivity contribution < 1.29 is 20.1 Å². The van der Waals surface area contributed by atoms with Crippen LogP contribution in [0.15, 0.2) is 0 Å². The molecular weight excluding hydrogens is 582 g/mol. The Morgan fingerprint density at radius 2 is 0.723 bits per heavy atom. The van der Waals surface area contributed by atoms with Gasteiger partial charge in [-0.15, -0.1) is 0 Å². The highest BCUT2D eigenvalue weighted by Gasteiger charge is 2.26. The molecule has 0 heterocycles. The van der Waals surface area contributed by atoms with Gasteiger partial charge in [-0.25, -0.2) is 0 Å². The van der Waals surface area contributed by atoms with Crippen LogP contribution in [0.4, 0.5) is 0 Å². The maximum absolute atomic E-state index is 12.4. The van der Waals surface area contributed by atoms with Crippen LogP contribution in [0.1, 0.15) is 239 Å². The third-order valence-electron chi connectivity index (χ3n) is 10.2. The second kappa shape index (κ2) is 38.2. The summed E-state index contributed by atoms with van der Waals surface area (Å²) in [7, 11) is 0. The molecule has 0 fully saturated rings. The van der Waals surface area contributed by atoms with Gasteiger partial charge >= 0.3 is 0 Å². The fourth-order valence-electron chi connectivity index (χ4n) is 6.87. The first kappa shape index (κ1) is 46.4. The molecule has 0 aliphatic rings. The van der Waals surface area contributed by atoms with E-state index in [1.54, 1.807) is 0 Å². The van der Waals surface area contributed by atoms with Gasteiger partial charge in [-0.3, -0.25) is 4.79 Å². The van der Waals surface area contributed by atoms with Gasteiger partial charge < -0.3 is 20.6 Å². The average Bonchev–Trinajstić information content (AvgIpc) is 3.07. The number of amides is 1. The summed E-state index contributed by atoms with van der Waals surface area (Å²) in [6, 6.07) is -0.801. The lowest BCUT2D eigenvalue weighted by molar-refractivity contribution is -0.124. The third-order valence-corrected chi connectivity index (χ3v) is 10.2. The molecule has 0 aromatic carbocycles. The van der Waals surface area contributed by atoms with Gasteiger partial charge in [0.2, 0.25) is 5.91 Å². The van der Waals surface area contributed by atoms with Crippen molar-refractivity contribution >= 4 is 5.91 Å². The fourth-order valence-corrected chi connectivity index (χ4v) is 6.87. The highest BCUT2D eigenvalue weighted by molar-refractivity contribution is 5.76. The number of aliphatic hydroxyl groups is 3. The Hall–Kier alpha value is -0.650. The number of carbonyl (C=O) groups is 1. The highest BCUT2D eigenvalue weighted by Crippen LogP contribution is 2.17. The van der Waals surface area contributed by atoms with Crippen molar-refractivity contribution in [3.63, 3.8) is 0 Å². The predicted octanol–water partition coefficient (Wildman–Crippen LogP) is 11.9. The minimum atomic E-state index is -1.13. The van der Waals surface area contributed by atoms with E-state index in [-0.39, 0.29) is 12.5 Å². The Morgan fingerprint density at radius 3 is 1.02 bits per heavy atom. The lowest BCUT2D eigenvalue weighted by Gasteiger charge is -2.26. The minimum Gasteiger partial charge on any atom is -0.394 e. The Kier molecular flexibility index (Phi) is 37.6. The number of hydrogen-bond acceptors (Lipinski definition) is 4. The molecule has 0 saturated carbocycles. The van der Waals surface area contributed by atoms with Crippen LogP contribution in [-0.2, 0) is 4.79 Å². The fraction of sp³-hybridized carbons (Fsp3) is 0.976. The van der Waals surface area contributed by atoms with Crippen molar-refractivity contribution in [2.45, 2.75) is 257 Å². The SMILES string of the molecule is CCCCCCCCCCCCCCCCCCCCCCCC(=O)N[C@H](CO)[C@H](O)C(O)CCCCCCCCCCCCCC. The van der Waals surface area contributed by atoms with Crippen LogP contribution in [0.25, 0.3) is 0 Å². The zero-order valence-electron chi connectivity index (χ0n) is 31.9. The molecule has 1 amide bonds. The Bertz CT molecular complexity index is 615. The molecule has 47 heavy (non-hydrogen) atoms. The van der Waals surface area contributed by atoms with Gasteiger partial charge in [-0.2, -0.15) is 0 Å². The molecule has 5 nitrogen and oxygen atoms in total. The van der Waals surface area contributed by atoms with E-state index in [0.717, 1.165) is 32.1 Å². The number of aliphatic hydroxyl groups excluding tert-OH is 3. The third kappa shape index (κ3) is 33.6. The van der Waals surface area contributed by atoms with Gasteiger partial charge in [-0.1, -0.05) is 219 Å². The maximum atomic E-state index is 12.4. The van der Waals surface area contributed by atoms with E-state index in [4.69, 9.17) is 0 Å². The first-order chi connectivity index (χ1) is 23.1. The molecule has 0 aliphatic heterocycles. The summed E-state index contributed by atoms with van der Waals surface area (Å²) >= 11 is 0. The smallest absolute Gasteiger partial charge is 0.220 e. The van der Waals surface area contributed by atoms with E-state index in [2.05, 4.69) is 19.2 Å². The Labute approximate surface area is 294 Å². The van der Waals surface area contributed by atoms with Crippen LogP contribution < -0.4 is 5.32 Å². The number of carbonyl (C=O) groups excluding carboxylic acids is 1. The summed E-state index contributed by atoms with van der Waals surface area (Å²) in [4.78, 5) is 12.4. The van der Waals surface area contributed by atoms with E-state index < -0.39 is 18.2 Å². The van der Waals surface area contributed by atoms with Gasteiger partial charge in [0.05, 0.1) is 18.8 Å². The molecule has 0 radical (unpaired) electrons. The van der Waals surface area contributed by atoms with Crippen LogP contribution in [-0.4, -0.2) is 46.1 Å². The zero-order valence-corrected chi connectivity index (χ0v) is 31.9. The number of unbranched alkanes of at least 4 members (excludes halogenated alkanes) is 31. The van der Waals surface area contributed by atoms with E-state index >= 15 is 0 Å². The lowest BCUT2D eigenvalue weighted by atomic mass is 9.99. The molecule has 0 aliphatic carbocycles. The van der Waals surface area contributed by atoms with Crippen molar-refractivity contribution in [1.82, 2.24) is 5.32 Å². The van der Waals surface area contributed by atoms with Crippen LogP contribution in [0.3, 0.4) is 0 Å². The van der Waals surface area contributed by atoms with Crippen LogP contribution in [0.2, 0.25) is 0 Å². The molecule has 0 aromatic rings. The van der Waals surface area contributed by atoms with Gasteiger partial charge in [0.25, 0.3) is 0 Å². The minimum absolute atomic E-state index is 0.140. The van der Waals surface area contributed by atoms with Crippen molar-refractivity contribution in [3.05, 3.63) is 0 Å².